The van der Waals surface area contributed by atoms with Crippen LogP contribution in [0.25, 0.3) is 0 Å². The molecule has 0 fully saturated rings. The molecule has 0 aliphatic carbocycles. The minimum atomic E-state index is -0.380. The SMILES string of the molecule is COc1ncccc1NC(=O)c1cnc(NN)c(Cl)c1. The van der Waals surface area contributed by atoms with Gasteiger partial charge in [-0.25, -0.2) is 15.8 Å². The summed E-state index contributed by atoms with van der Waals surface area (Å²) >= 11 is 5.91. The molecule has 4 N–H and O–H groups in total. The van der Waals surface area contributed by atoms with Gasteiger partial charge in [0, 0.05) is 12.4 Å². The van der Waals surface area contributed by atoms with Crippen molar-refractivity contribution in [3.63, 3.8) is 0 Å². The van der Waals surface area contributed by atoms with Crippen molar-refractivity contribution >= 4 is 29.0 Å². The summed E-state index contributed by atoms with van der Waals surface area (Å²) in [6.45, 7) is 0. The summed E-state index contributed by atoms with van der Waals surface area (Å²) in [5.74, 6) is 5.45. The van der Waals surface area contributed by atoms with E-state index in [-0.39, 0.29) is 10.9 Å². The quantitative estimate of drug-likeness (QED) is 0.585. The number of carbonyl (C=O) groups is 1. The Balaban J connectivity index is 2.22. The predicted molar refractivity (Wildman–Crippen MR) is 75.8 cm³/mol. The van der Waals surface area contributed by atoms with Crippen LogP contribution in [-0.2, 0) is 0 Å². The predicted octanol–water partition coefficient (Wildman–Crippen LogP) is 1.68. The number of nitrogens with zero attached hydrogens (tertiary/aromatic N) is 2. The van der Waals surface area contributed by atoms with E-state index in [9.17, 15) is 4.79 Å². The van der Waals surface area contributed by atoms with E-state index in [0.717, 1.165) is 0 Å². The number of hydrazine groups is 1. The summed E-state index contributed by atoms with van der Waals surface area (Å²) in [4.78, 5) is 20.0. The molecule has 2 aromatic heterocycles. The molecule has 104 valence electrons. The number of halogens is 1. The first kappa shape index (κ1) is 14.0. The minimum Gasteiger partial charge on any atom is -0.480 e. The van der Waals surface area contributed by atoms with Gasteiger partial charge in [-0.05, 0) is 18.2 Å². The zero-order valence-corrected chi connectivity index (χ0v) is 11.3. The van der Waals surface area contributed by atoms with Gasteiger partial charge in [0.05, 0.1) is 17.7 Å². The molecule has 2 rings (SSSR count). The molecule has 0 spiro atoms. The number of nitrogen functional groups attached to an aromatic ring is 1. The molecular formula is C12H12ClN5O2. The lowest BCUT2D eigenvalue weighted by Crippen LogP contribution is -2.15. The van der Waals surface area contributed by atoms with Crippen molar-refractivity contribution in [2.75, 3.05) is 17.9 Å². The Bertz CT molecular complexity index is 635. The van der Waals surface area contributed by atoms with Gasteiger partial charge in [0.1, 0.15) is 5.69 Å². The third-order valence-corrected chi connectivity index (χ3v) is 2.74. The second kappa shape index (κ2) is 6.18. The molecule has 0 aliphatic heterocycles. The fourth-order valence-corrected chi connectivity index (χ4v) is 1.73. The number of methoxy groups -OCH3 is 1. The maximum atomic E-state index is 12.1. The van der Waals surface area contributed by atoms with Crippen molar-refractivity contribution in [3.8, 4) is 5.88 Å². The van der Waals surface area contributed by atoms with Crippen LogP contribution in [0.1, 0.15) is 10.4 Å². The molecule has 0 atom stereocenters. The highest BCUT2D eigenvalue weighted by Gasteiger charge is 2.12. The van der Waals surface area contributed by atoms with Crippen molar-refractivity contribution in [1.29, 1.82) is 0 Å². The van der Waals surface area contributed by atoms with E-state index in [1.54, 1.807) is 18.3 Å². The molecule has 1 amide bonds. The Morgan fingerprint density at radius 2 is 2.25 bits per heavy atom. The van der Waals surface area contributed by atoms with E-state index < -0.39 is 0 Å². The molecule has 0 bridgehead atoms. The molecule has 8 heteroatoms. The number of ether oxygens (including phenoxy) is 1. The van der Waals surface area contributed by atoms with Gasteiger partial charge in [0.15, 0.2) is 5.82 Å². The lowest BCUT2D eigenvalue weighted by molar-refractivity contribution is 0.102. The van der Waals surface area contributed by atoms with Gasteiger partial charge >= 0.3 is 0 Å². The largest absolute Gasteiger partial charge is 0.480 e. The fraction of sp³-hybridized carbons (Fsp3) is 0.0833. The van der Waals surface area contributed by atoms with Crippen molar-refractivity contribution in [2.45, 2.75) is 0 Å². The number of nitrogens with one attached hydrogen (secondary N) is 2. The van der Waals surface area contributed by atoms with Crippen LogP contribution >= 0.6 is 11.6 Å². The lowest BCUT2D eigenvalue weighted by atomic mass is 10.2. The molecular weight excluding hydrogens is 282 g/mol. The standard InChI is InChI=1S/C12H12ClN5O2/c1-20-12-9(3-2-4-15-12)17-11(19)7-5-8(13)10(18-14)16-6-7/h2-6H,14H2,1H3,(H,16,18)(H,17,19). The van der Waals surface area contributed by atoms with Gasteiger partial charge in [-0.15, -0.1) is 0 Å². The maximum Gasteiger partial charge on any atom is 0.257 e. The third-order valence-electron chi connectivity index (χ3n) is 2.45. The van der Waals surface area contributed by atoms with Crippen molar-refractivity contribution < 1.29 is 9.53 Å². The smallest absolute Gasteiger partial charge is 0.257 e. The van der Waals surface area contributed by atoms with Gasteiger partial charge < -0.3 is 15.5 Å². The summed E-state index contributed by atoms with van der Waals surface area (Å²) in [6.07, 6.45) is 2.92. The number of pyridine rings is 2. The number of hydrogen-bond donors (Lipinski definition) is 3. The number of hydrogen-bond acceptors (Lipinski definition) is 6. The van der Waals surface area contributed by atoms with Crippen LogP contribution in [0.3, 0.4) is 0 Å². The average molecular weight is 294 g/mol. The van der Waals surface area contributed by atoms with Crippen LogP contribution in [-0.4, -0.2) is 23.0 Å². The van der Waals surface area contributed by atoms with E-state index in [2.05, 4.69) is 20.7 Å². The van der Waals surface area contributed by atoms with Crippen LogP contribution in [0.4, 0.5) is 11.5 Å². The van der Waals surface area contributed by atoms with Crippen LogP contribution in [0.2, 0.25) is 5.02 Å². The van der Waals surface area contributed by atoms with E-state index in [1.807, 2.05) is 0 Å². The highest BCUT2D eigenvalue weighted by atomic mass is 35.5. The minimum absolute atomic E-state index is 0.248. The number of nitrogens with two attached hydrogens (primary N) is 1. The highest BCUT2D eigenvalue weighted by molar-refractivity contribution is 6.33. The van der Waals surface area contributed by atoms with E-state index in [4.69, 9.17) is 22.2 Å². The zero-order valence-electron chi connectivity index (χ0n) is 10.6. The fourth-order valence-electron chi connectivity index (χ4n) is 1.51. The van der Waals surface area contributed by atoms with Crippen LogP contribution < -0.4 is 21.3 Å². The molecule has 0 unspecified atom stereocenters. The second-order valence-corrected chi connectivity index (χ2v) is 4.12. The van der Waals surface area contributed by atoms with E-state index >= 15 is 0 Å². The van der Waals surface area contributed by atoms with Crippen molar-refractivity contribution in [1.82, 2.24) is 9.97 Å². The van der Waals surface area contributed by atoms with Crippen LogP contribution in [0.15, 0.2) is 30.6 Å². The number of anilines is 2. The molecule has 0 radical (unpaired) electrons. The summed E-state index contributed by atoms with van der Waals surface area (Å²) in [6, 6.07) is 4.82. The van der Waals surface area contributed by atoms with Gasteiger partial charge in [0.25, 0.3) is 5.91 Å². The van der Waals surface area contributed by atoms with Crippen molar-refractivity contribution in [2.24, 2.45) is 5.84 Å². The number of amides is 1. The first-order valence-electron chi connectivity index (χ1n) is 5.58. The Kier molecular flexibility index (Phi) is 4.34. The highest BCUT2D eigenvalue weighted by Crippen LogP contribution is 2.22. The summed E-state index contributed by atoms with van der Waals surface area (Å²) in [7, 11) is 1.47. The number of rotatable bonds is 4. The Morgan fingerprint density at radius 3 is 2.90 bits per heavy atom. The monoisotopic (exact) mass is 293 g/mol. The summed E-state index contributed by atoms with van der Waals surface area (Å²) in [5, 5.41) is 2.91. The molecule has 0 aliphatic rings. The first-order chi connectivity index (χ1) is 9.65. The van der Waals surface area contributed by atoms with Gasteiger partial charge in [-0.1, -0.05) is 11.6 Å². The Morgan fingerprint density at radius 1 is 1.45 bits per heavy atom. The van der Waals surface area contributed by atoms with Gasteiger partial charge in [-0.2, -0.15) is 0 Å². The maximum absolute atomic E-state index is 12.1. The summed E-state index contributed by atoms with van der Waals surface area (Å²) < 4.78 is 5.05. The molecule has 2 aromatic rings. The second-order valence-electron chi connectivity index (χ2n) is 3.71. The number of aromatic nitrogens is 2. The molecule has 20 heavy (non-hydrogen) atoms. The first-order valence-corrected chi connectivity index (χ1v) is 5.96. The summed E-state index contributed by atoms with van der Waals surface area (Å²) in [5.41, 5.74) is 3.07. The third kappa shape index (κ3) is 2.95. The Hall–Kier alpha value is -2.38. The van der Waals surface area contributed by atoms with Crippen LogP contribution in [0, 0.1) is 0 Å². The molecule has 7 nitrogen and oxygen atoms in total. The topological polar surface area (TPSA) is 102 Å². The van der Waals surface area contributed by atoms with Crippen molar-refractivity contribution in [3.05, 3.63) is 41.2 Å². The Labute approximate surface area is 120 Å². The molecule has 0 saturated heterocycles. The average Bonchev–Trinajstić information content (AvgIpc) is 2.47. The molecule has 0 saturated carbocycles. The molecule has 0 aromatic carbocycles. The van der Waals surface area contributed by atoms with E-state index in [0.29, 0.717) is 22.9 Å². The number of carbonyl (C=O) groups excluding carboxylic acids is 1. The van der Waals surface area contributed by atoms with E-state index in [1.165, 1.54) is 19.4 Å². The lowest BCUT2D eigenvalue weighted by Gasteiger charge is -2.09. The normalized spacial score (nSPS) is 9.95. The van der Waals surface area contributed by atoms with Crippen LogP contribution in [0.5, 0.6) is 5.88 Å². The van der Waals surface area contributed by atoms with Gasteiger partial charge in [0.2, 0.25) is 5.88 Å². The van der Waals surface area contributed by atoms with Gasteiger partial charge in [-0.3, -0.25) is 4.79 Å². The molecule has 2 heterocycles. The zero-order chi connectivity index (χ0) is 14.5.